The summed E-state index contributed by atoms with van der Waals surface area (Å²) < 4.78 is 2.21. The Morgan fingerprint density at radius 1 is 1.47 bits per heavy atom. The fourth-order valence-electron chi connectivity index (χ4n) is 2.53. The molecule has 1 heterocycles. The van der Waals surface area contributed by atoms with E-state index in [0.29, 0.717) is 5.92 Å². The zero-order chi connectivity index (χ0) is 12.0. The van der Waals surface area contributed by atoms with Gasteiger partial charge in [0.25, 0.3) is 0 Å². The summed E-state index contributed by atoms with van der Waals surface area (Å²) in [5.41, 5.74) is 3.40. The number of carboxylic acid groups (broad SMARTS) is 1. The Hall–Kier alpha value is -1.77. The van der Waals surface area contributed by atoms with Crippen LogP contribution in [-0.4, -0.2) is 15.6 Å². The molecule has 2 aromatic rings. The summed E-state index contributed by atoms with van der Waals surface area (Å²) >= 11 is 0. The van der Waals surface area contributed by atoms with Crippen LogP contribution in [0.15, 0.2) is 24.3 Å². The molecule has 88 valence electrons. The molecule has 1 aromatic carbocycles. The number of rotatable bonds is 3. The molecule has 0 aliphatic heterocycles. The molecule has 0 saturated heterocycles. The lowest BCUT2D eigenvalue weighted by molar-refractivity contribution is -0.136. The third-order valence-corrected chi connectivity index (χ3v) is 3.55. The fraction of sp³-hybridized carbons (Fsp3) is 0.357. The van der Waals surface area contributed by atoms with Gasteiger partial charge in [0, 0.05) is 23.6 Å². The van der Waals surface area contributed by atoms with Crippen molar-refractivity contribution in [2.24, 2.45) is 7.05 Å². The second kappa shape index (κ2) is 3.62. The van der Waals surface area contributed by atoms with E-state index in [-0.39, 0.29) is 6.42 Å². The van der Waals surface area contributed by atoms with E-state index in [1.54, 1.807) is 0 Å². The predicted molar refractivity (Wildman–Crippen MR) is 66.2 cm³/mol. The number of benzene rings is 1. The van der Waals surface area contributed by atoms with E-state index < -0.39 is 5.97 Å². The van der Waals surface area contributed by atoms with Gasteiger partial charge in [-0.1, -0.05) is 12.1 Å². The quantitative estimate of drug-likeness (QED) is 0.879. The molecule has 1 N–H and O–H groups in total. The minimum Gasteiger partial charge on any atom is -0.481 e. The summed E-state index contributed by atoms with van der Waals surface area (Å²) in [6.45, 7) is 0. The molecule has 3 heteroatoms. The van der Waals surface area contributed by atoms with E-state index >= 15 is 0 Å². The molecular formula is C14H15NO2. The Bertz CT molecular complexity index is 594. The van der Waals surface area contributed by atoms with Crippen LogP contribution < -0.4 is 0 Å². The fourth-order valence-corrected chi connectivity index (χ4v) is 2.53. The summed E-state index contributed by atoms with van der Waals surface area (Å²) in [5, 5.41) is 10.0. The first-order valence-electron chi connectivity index (χ1n) is 5.96. The van der Waals surface area contributed by atoms with Gasteiger partial charge >= 0.3 is 5.97 Å². The van der Waals surface area contributed by atoms with Gasteiger partial charge in [0.05, 0.1) is 6.42 Å². The predicted octanol–water partition coefficient (Wildman–Crippen LogP) is 2.68. The minimum absolute atomic E-state index is 0.103. The van der Waals surface area contributed by atoms with E-state index in [2.05, 4.69) is 23.7 Å². The van der Waals surface area contributed by atoms with Gasteiger partial charge in [-0.2, -0.15) is 0 Å². The smallest absolute Gasteiger partial charge is 0.307 e. The van der Waals surface area contributed by atoms with E-state index in [0.717, 1.165) is 16.5 Å². The first kappa shape index (κ1) is 10.4. The number of carbonyl (C=O) groups is 1. The normalized spacial score (nSPS) is 15.4. The zero-order valence-corrected chi connectivity index (χ0v) is 9.81. The van der Waals surface area contributed by atoms with E-state index in [1.807, 2.05) is 12.1 Å². The number of fused-ring (bicyclic) bond motifs is 1. The molecular weight excluding hydrogens is 214 g/mol. The highest BCUT2D eigenvalue weighted by Gasteiger charge is 2.27. The Balaban J connectivity index is 2.17. The molecule has 0 unspecified atom stereocenters. The number of aromatic nitrogens is 1. The van der Waals surface area contributed by atoms with Crippen LogP contribution >= 0.6 is 0 Å². The highest BCUT2D eigenvalue weighted by atomic mass is 16.4. The van der Waals surface area contributed by atoms with Gasteiger partial charge in [0.2, 0.25) is 0 Å². The molecule has 1 saturated carbocycles. The molecule has 17 heavy (non-hydrogen) atoms. The maximum atomic E-state index is 10.8. The molecule has 1 aromatic heterocycles. The standard InChI is InChI=1S/C14H15NO2/c1-15-12-4-2-3-10(7-14(16)17)11(12)8-13(15)9-5-6-9/h2-4,8-9H,5-7H2,1H3,(H,16,17). The SMILES string of the molecule is Cn1c(C2CC2)cc2c(CC(=O)O)cccc21. The maximum Gasteiger partial charge on any atom is 0.307 e. The van der Waals surface area contributed by atoms with Crippen LogP contribution in [0.4, 0.5) is 0 Å². The van der Waals surface area contributed by atoms with E-state index in [9.17, 15) is 4.79 Å². The molecule has 1 fully saturated rings. The third kappa shape index (κ3) is 1.71. The lowest BCUT2D eigenvalue weighted by Crippen LogP contribution is -2.00. The molecule has 0 spiro atoms. The molecule has 1 aliphatic carbocycles. The van der Waals surface area contributed by atoms with Crippen molar-refractivity contribution in [3.8, 4) is 0 Å². The Morgan fingerprint density at radius 2 is 2.24 bits per heavy atom. The van der Waals surface area contributed by atoms with E-state index in [1.165, 1.54) is 18.5 Å². The van der Waals surface area contributed by atoms with Crippen molar-refractivity contribution in [1.82, 2.24) is 4.57 Å². The highest BCUT2D eigenvalue weighted by molar-refractivity contribution is 5.88. The van der Waals surface area contributed by atoms with Crippen LogP contribution in [0, 0.1) is 0 Å². The average Bonchev–Trinajstić information content (AvgIpc) is 3.05. The van der Waals surface area contributed by atoms with Crippen molar-refractivity contribution in [3.05, 3.63) is 35.5 Å². The lowest BCUT2D eigenvalue weighted by Gasteiger charge is -2.02. The number of hydrogen-bond acceptors (Lipinski definition) is 1. The van der Waals surface area contributed by atoms with Crippen LogP contribution in [0.5, 0.6) is 0 Å². The summed E-state index contributed by atoms with van der Waals surface area (Å²) in [6.07, 6.45) is 2.63. The molecule has 3 rings (SSSR count). The van der Waals surface area contributed by atoms with Gasteiger partial charge in [-0.3, -0.25) is 4.79 Å². The first-order valence-corrected chi connectivity index (χ1v) is 5.96. The number of aliphatic carboxylic acids is 1. The number of aryl methyl sites for hydroxylation is 1. The van der Waals surface area contributed by atoms with Crippen molar-refractivity contribution in [2.45, 2.75) is 25.2 Å². The second-order valence-electron chi connectivity index (χ2n) is 4.82. The van der Waals surface area contributed by atoms with Crippen LogP contribution in [0.1, 0.15) is 30.0 Å². The molecule has 1 aliphatic rings. The van der Waals surface area contributed by atoms with Crippen molar-refractivity contribution in [3.63, 3.8) is 0 Å². The molecule has 3 nitrogen and oxygen atoms in total. The van der Waals surface area contributed by atoms with Gasteiger partial charge < -0.3 is 9.67 Å². The van der Waals surface area contributed by atoms with Gasteiger partial charge in [0.1, 0.15) is 0 Å². The molecule has 0 amide bonds. The maximum absolute atomic E-state index is 10.8. The van der Waals surface area contributed by atoms with Gasteiger partial charge in [0.15, 0.2) is 0 Å². The Morgan fingerprint density at radius 3 is 2.88 bits per heavy atom. The average molecular weight is 229 g/mol. The summed E-state index contributed by atoms with van der Waals surface area (Å²) in [7, 11) is 2.07. The molecule has 0 bridgehead atoms. The van der Waals surface area contributed by atoms with Crippen molar-refractivity contribution in [2.75, 3.05) is 0 Å². The summed E-state index contributed by atoms with van der Waals surface area (Å²) in [4.78, 5) is 10.8. The van der Waals surface area contributed by atoms with Crippen molar-refractivity contribution < 1.29 is 9.90 Å². The van der Waals surface area contributed by atoms with Gasteiger partial charge in [-0.05, 0) is 36.5 Å². The zero-order valence-electron chi connectivity index (χ0n) is 9.81. The molecule has 0 atom stereocenters. The van der Waals surface area contributed by atoms with Crippen LogP contribution in [0.3, 0.4) is 0 Å². The number of hydrogen-bond donors (Lipinski definition) is 1. The third-order valence-electron chi connectivity index (χ3n) is 3.55. The summed E-state index contributed by atoms with van der Waals surface area (Å²) in [6, 6.07) is 8.09. The first-order chi connectivity index (χ1) is 8.16. The van der Waals surface area contributed by atoms with Gasteiger partial charge in [-0.25, -0.2) is 0 Å². The monoisotopic (exact) mass is 229 g/mol. The second-order valence-corrected chi connectivity index (χ2v) is 4.82. The largest absolute Gasteiger partial charge is 0.481 e. The molecule has 0 radical (unpaired) electrons. The van der Waals surface area contributed by atoms with Crippen LogP contribution in [0.2, 0.25) is 0 Å². The van der Waals surface area contributed by atoms with Gasteiger partial charge in [-0.15, -0.1) is 0 Å². The highest BCUT2D eigenvalue weighted by Crippen LogP contribution is 2.42. The minimum atomic E-state index is -0.769. The van der Waals surface area contributed by atoms with Crippen LogP contribution in [0.25, 0.3) is 10.9 Å². The Labute approximate surface area is 99.7 Å². The van der Waals surface area contributed by atoms with E-state index in [4.69, 9.17) is 5.11 Å². The Kier molecular flexibility index (Phi) is 2.21. The number of carboxylic acids is 1. The van der Waals surface area contributed by atoms with Crippen molar-refractivity contribution >= 4 is 16.9 Å². The number of nitrogens with zero attached hydrogens (tertiary/aromatic N) is 1. The van der Waals surface area contributed by atoms with Crippen LogP contribution in [-0.2, 0) is 18.3 Å². The topological polar surface area (TPSA) is 42.2 Å². The summed E-state index contributed by atoms with van der Waals surface area (Å²) in [5.74, 6) is -0.0839. The van der Waals surface area contributed by atoms with Crippen molar-refractivity contribution in [1.29, 1.82) is 0 Å². The lowest BCUT2D eigenvalue weighted by atomic mass is 10.1.